The topological polar surface area (TPSA) is 49.9 Å². The fourth-order valence-corrected chi connectivity index (χ4v) is 2.88. The molecule has 1 heterocycles. The SMILES string of the molecule is CN(C(=O)CC(C)(C)C)C1CCN(c2cccc(OC(F)(F)F)c2)C1=O. The molecule has 0 radical (unpaired) electrons. The number of hydrogen-bond donors (Lipinski definition) is 0. The summed E-state index contributed by atoms with van der Waals surface area (Å²) in [6.45, 7) is 6.14. The van der Waals surface area contributed by atoms with Crippen LogP contribution in [0, 0.1) is 5.41 Å². The number of carbonyl (C=O) groups is 2. The van der Waals surface area contributed by atoms with Crippen LogP contribution in [0.4, 0.5) is 18.9 Å². The van der Waals surface area contributed by atoms with Gasteiger partial charge in [0.2, 0.25) is 11.8 Å². The van der Waals surface area contributed by atoms with Crippen molar-refractivity contribution in [2.45, 2.75) is 46.0 Å². The van der Waals surface area contributed by atoms with Crippen LogP contribution in [0.2, 0.25) is 0 Å². The molecule has 1 fully saturated rings. The van der Waals surface area contributed by atoms with Gasteiger partial charge in [-0.05, 0) is 24.0 Å². The summed E-state index contributed by atoms with van der Waals surface area (Å²) in [5.74, 6) is -0.825. The number of carbonyl (C=O) groups excluding carboxylic acids is 2. The van der Waals surface area contributed by atoms with Crippen molar-refractivity contribution < 1.29 is 27.5 Å². The predicted octanol–water partition coefficient (Wildman–Crippen LogP) is 3.59. The third-order valence-corrected chi connectivity index (χ3v) is 4.08. The van der Waals surface area contributed by atoms with Gasteiger partial charge in [0, 0.05) is 31.8 Å². The number of alkyl halides is 3. The number of nitrogens with zero attached hydrogens (tertiary/aromatic N) is 2. The first-order valence-corrected chi connectivity index (χ1v) is 8.30. The van der Waals surface area contributed by atoms with Crippen molar-refractivity contribution in [2.24, 2.45) is 5.41 Å². The number of amides is 2. The van der Waals surface area contributed by atoms with Crippen molar-refractivity contribution in [1.29, 1.82) is 0 Å². The van der Waals surface area contributed by atoms with Crippen molar-refractivity contribution >= 4 is 17.5 Å². The molecule has 0 spiro atoms. The number of likely N-dealkylation sites (N-methyl/N-ethyl adjacent to an activating group) is 1. The van der Waals surface area contributed by atoms with Gasteiger partial charge in [-0.3, -0.25) is 9.59 Å². The Labute approximate surface area is 150 Å². The van der Waals surface area contributed by atoms with Crippen LogP contribution in [0.5, 0.6) is 5.75 Å². The summed E-state index contributed by atoms with van der Waals surface area (Å²) < 4.78 is 41.0. The normalized spacial score (nSPS) is 18.2. The van der Waals surface area contributed by atoms with E-state index in [9.17, 15) is 22.8 Å². The van der Waals surface area contributed by atoms with Gasteiger partial charge in [0.25, 0.3) is 0 Å². The minimum absolute atomic E-state index is 0.133. The van der Waals surface area contributed by atoms with E-state index < -0.39 is 12.4 Å². The lowest BCUT2D eigenvalue weighted by Gasteiger charge is -2.27. The van der Waals surface area contributed by atoms with Crippen LogP contribution in [0.1, 0.15) is 33.6 Å². The van der Waals surface area contributed by atoms with E-state index in [0.717, 1.165) is 0 Å². The summed E-state index contributed by atoms with van der Waals surface area (Å²) in [4.78, 5) is 27.9. The zero-order chi connectivity index (χ0) is 19.7. The van der Waals surface area contributed by atoms with Crippen molar-refractivity contribution in [3.05, 3.63) is 24.3 Å². The van der Waals surface area contributed by atoms with Gasteiger partial charge in [0.1, 0.15) is 11.8 Å². The molecule has 2 amide bonds. The Kier molecular flexibility index (Phi) is 5.53. The molecule has 2 rings (SSSR count). The third kappa shape index (κ3) is 5.12. The molecule has 0 saturated carbocycles. The van der Waals surface area contributed by atoms with Gasteiger partial charge >= 0.3 is 6.36 Å². The number of ether oxygens (including phenoxy) is 1. The zero-order valence-electron chi connectivity index (χ0n) is 15.3. The Morgan fingerprint density at radius 2 is 1.96 bits per heavy atom. The maximum absolute atomic E-state index is 12.7. The summed E-state index contributed by atoms with van der Waals surface area (Å²) in [5, 5.41) is 0. The Bertz CT molecular complexity index is 683. The van der Waals surface area contributed by atoms with Gasteiger partial charge in [0.15, 0.2) is 0 Å². The molecule has 1 aromatic rings. The fraction of sp³-hybridized carbons (Fsp3) is 0.556. The van der Waals surface area contributed by atoms with Crippen molar-refractivity contribution in [1.82, 2.24) is 4.90 Å². The van der Waals surface area contributed by atoms with E-state index in [0.29, 0.717) is 25.1 Å². The summed E-state index contributed by atoms with van der Waals surface area (Å²) in [5.41, 5.74) is 0.117. The van der Waals surface area contributed by atoms with Gasteiger partial charge in [0.05, 0.1) is 0 Å². The Hall–Kier alpha value is -2.25. The van der Waals surface area contributed by atoms with Crippen LogP contribution in [0.3, 0.4) is 0 Å². The number of rotatable bonds is 4. The molecule has 0 aromatic heterocycles. The molecule has 1 atom stereocenters. The maximum Gasteiger partial charge on any atom is 0.573 e. The third-order valence-electron chi connectivity index (χ3n) is 4.08. The van der Waals surface area contributed by atoms with Crippen molar-refractivity contribution in [2.75, 3.05) is 18.5 Å². The number of halogens is 3. The van der Waals surface area contributed by atoms with E-state index in [4.69, 9.17) is 0 Å². The van der Waals surface area contributed by atoms with Crippen LogP contribution >= 0.6 is 0 Å². The number of hydrogen-bond acceptors (Lipinski definition) is 3. The molecule has 1 unspecified atom stereocenters. The van der Waals surface area contributed by atoms with Crippen LogP contribution in [-0.2, 0) is 9.59 Å². The molecule has 8 heteroatoms. The van der Waals surface area contributed by atoms with E-state index in [1.54, 1.807) is 13.1 Å². The predicted molar refractivity (Wildman–Crippen MR) is 90.7 cm³/mol. The monoisotopic (exact) mass is 372 g/mol. The van der Waals surface area contributed by atoms with E-state index in [-0.39, 0.29) is 23.0 Å². The lowest BCUT2D eigenvalue weighted by molar-refractivity contribution is -0.274. The van der Waals surface area contributed by atoms with Crippen LogP contribution in [0.15, 0.2) is 24.3 Å². The molecule has 5 nitrogen and oxygen atoms in total. The molecular weight excluding hydrogens is 349 g/mol. The van der Waals surface area contributed by atoms with Crippen LogP contribution in [0.25, 0.3) is 0 Å². The summed E-state index contributed by atoms with van der Waals surface area (Å²) in [7, 11) is 1.59. The highest BCUT2D eigenvalue weighted by molar-refractivity contribution is 6.01. The van der Waals surface area contributed by atoms with Crippen LogP contribution in [-0.4, -0.2) is 42.7 Å². The number of anilines is 1. The van der Waals surface area contributed by atoms with E-state index >= 15 is 0 Å². The lowest BCUT2D eigenvalue weighted by Crippen LogP contribution is -2.43. The van der Waals surface area contributed by atoms with E-state index in [2.05, 4.69) is 4.74 Å². The van der Waals surface area contributed by atoms with Gasteiger partial charge in [-0.15, -0.1) is 13.2 Å². The first-order valence-electron chi connectivity index (χ1n) is 8.30. The highest BCUT2D eigenvalue weighted by atomic mass is 19.4. The van der Waals surface area contributed by atoms with Gasteiger partial charge in [-0.2, -0.15) is 0 Å². The van der Waals surface area contributed by atoms with E-state index in [1.165, 1.54) is 28.0 Å². The maximum atomic E-state index is 12.7. The second-order valence-corrected chi connectivity index (χ2v) is 7.58. The van der Waals surface area contributed by atoms with Crippen LogP contribution < -0.4 is 9.64 Å². The second-order valence-electron chi connectivity index (χ2n) is 7.58. The molecule has 0 bridgehead atoms. The van der Waals surface area contributed by atoms with E-state index in [1.807, 2.05) is 20.8 Å². The zero-order valence-corrected chi connectivity index (χ0v) is 15.3. The standard InChI is InChI=1S/C18H23F3N2O3/c1-17(2,3)11-15(24)22(4)14-8-9-23(16(14)25)12-6-5-7-13(10-12)26-18(19,20)21/h5-7,10,14H,8-9,11H2,1-4H3. The minimum Gasteiger partial charge on any atom is -0.406 e. The molecule has 1 aromatic carbocycles. The average Bonchev–Trinajstić information content (AvgIpc) is 2.85. The first-order chi connectivity index (χ1) is 11.9. The Morgan fingerprint density at radius 3 is 2.54 bits per heavy atom. The molecule has 1 aliphatic rings. The molecule has 1 saturated heterocycles. The minimum atomic E-state index is -4.80. The molecular formula is C18H23F3N2O3. The average molecular weight is 372 g/mol. The first kappa shape index (κ1) is 20.1. The highest BCUT2D eigenvalue weighted by Gasteiger charge is 2.38. The van der Waals surface area contributed by atoms with Gasteiger partial charge in [-0.1, -0.05) is 26.8 Å². The lowest BCUT2D eigenvalue weighted by atomic mass is 9.91. The van der Waals surface area contributed by atoms with Crippen molar-refractivity contribution in [3.63, 3.8) is 0 Å². The summed E-state index contributed by atoms with van der Waals surface area (Å²) in [6, 6.07) is 4.67. The van der Waals surface area contributed by atoms with Gasteiger partial charge < -0.3 is 14.5 Å². The second kappa shape index (κ2) is 7.17. The molecule has 0 N–H and O–H groups in total. The van der Waals surface area contributed by atoms with Gasteiger partial charge in [-0.25, -0.2) is 0 Å². The molecule has 1 aliphatic heterocycles. The highest BCUT2D eigenvalue weighted by Crippen LogP contribution is 2.30. The quantitative estimate of drug-likeness (QED) is 0.812. The Morgan fingerprint density at radius 1 is 1.31 bits per heavy atom. The van der Waals surface area contributed by atoms with Crippen molar-refractivity contribution in [3.8, 4) is 5.75 Å². The Balaban J connectivity index is 2.11. The largest absolute Gasteiger partial charge is 0.573 e. The smallest absolute Gasteiger partial charge is 0.406 e. The fourth-order valence-electron chi connectivity index (χ4n) is 2.88. The number of benzene rings is 1. The molecule has 26 heavy (non-hydrogen) atoms. The summed E-state index contributed by atoms with van der Waals surface area (Å²) >= 11 is 0. The molecule has 0 aliphatic carbocycles. The summed E-state index contributed by atoms with van der Waals surface area (Å²) in [6.07, 6.45) is -4.06. The molecule has 144 valence electrons.